The standard InChI is InChI=1S/C32H37N9O3/c1-20-17-40(29(42)26-23(8-6-12-35-26)38-30(43)44-31(3,4)5)21(2)16-39(20)27-25-28(37-19-36-27)41(18-32(25)10-7-11-32)24-14-22(15-33)9-13-34-24/h6,8-9,12-14,19-21H,7,10-11,16-18H2,1-5H3,(H,38,43)/t20-,21+/m0/s1. The zero-order valence-electron chi connectivity index (χ0n) is 25.7. The van der Waals surface area contributed by atoms with Gasteiger partial charge >= 0.3 is 6.09 Å². The molecule has 0 unspecified atom stereocenters. The van der Waals surface area contributed by atoms with Crippen LogP contribution in [0.4, 0.5) is 27.9 Å². The number of carbonyl (C=O) groups is 2. The summed E-state index contributed by atoms with van der Waals surface area (Å²) in [5, 5.41) is 12.2. The third-order valence-corrected chi connectivity index (χ3v) is 8.68. The number of nitrogens with one attached hydrogen (secondary N) is 1. The van der Waals surface area contributed by atoms with Crippen molar-refractivity contribution in [3.63, 3.8) is 0 Å². The van der Waals surface area contributed by atoms with Crippen molar-refractivity contribution >= 4 is 35.1 Å². The maximum atomic E-state index is 13.9. The number of anilines is 4. The highest BCUT2D eigenvalue weighted by Gasteiger charge is 2.52. The van der Waals surface area contributed by atoms with Crippen LogP contribution in [0.1, 0.15) is 75.5 Å². The number of aromatic nitrogens is 4. The van der Waals surface area contributed by atoms with E-state index in [0.29, 0.717) is 30.2 Å². The predicted molar refractivity (Wildman–Crippen MR) is 165 cm³/mol. The number of nitrogens with zero attached hydrogens (tertiary/aromatic N) is 8. The Morgan fingerprint density at radius 3 is 2.52 bits per heavy atom. The average molecular weight is 596 g/mol. The molecule has 6 rings (SSSR count). The molecule has 1 saturated carbocycles. The first-order valence-corrected chi connectivity index (χ1v) is 15.0. The van der Waals surface area contributed by atoms with E-state index in [9.17, 15) is 14.9 Å². The summed E-state index contributed by atoms with van der Waals surface area (Å²) in [6.07, 6.45) is 7.37. The zero-order chi connectivity index (χ0) is 31.2. The molecule has 0 aromatic carbocycles. The van der Waals surface area contributed by atoms with Crippen molar-refractivity contribution in [1.29, 1.82) is 5.26 Å². The largest absolute Gasteiger partial charge is 0.444 e. The van der Waals surface area contributed by atoms with Gasteiger partial charge in [-0.1, -0.05) is 6.42 Å². The molecule has 2 amide bonds. The second-order valence-corrected chi connectivity index (χ2v) is 13.0. The van der Waals surface area contributed by atoms with Crippen LogP contribution in [0.5, 0.6) is 0 Å². The van der Waals surface area contributed by atoms with E-state index in [4.69, 9.17) is 14.7 Å². The molecule has 12 heteroatoms. The third-order valence-electron chi connectivity index (χ3n) is 8.68. The number of ether oxygens (including phenoxy) is 1. The molecule has 0 radical (unpaired) electrons. The zero-order valence-corrected chi connectivity index (χ0v) is 25.7. The van der Waals surface area contributed by atoms with Crippen molar-refractivity contribution in [2.75, 3.05) is 34.8 Å². The monoisotopic (exact) mass is 595 g/mol. The molecule has 1 N–H and O–H groups in total. The van der Waals surface area contributed by atoms with E-state index in [-0.39, 0.29) is 29.1 Å². The second-order valence-electron chi connectivity index (χ2n) is 13.0. The fourth-order valence-corrected chi connectivity index (χ4v) is 6.49. The lowest BCUT2D eigenvalue weighted by Gasteiger charge is -2.47. The molecule has 2 atom stereocenters. The first-order valence-electron chi connectivity index (χ1n) is 15.0. The van der Waals surface area contributed by atoms with Gasteiger partial charge in [0.2, 0.25) is 0 Å². The van der Waals surface area contributed by atoms with Gasteiger partial charge in [0, 0.05) is 55.1 Å². The Labute approximate surface area is 257 Å². The number of nitriles is 1. The highest BCUT2D eigenvalue weighted by Crippen LogP contribution is 2.56. The molecule has 12 nitrogen and oxygen atoms in total. The van der Waals surface area contributed by atoms with Gasteiger partial charge in [0.25, 0.3) is 5.91 Å². The van der Waals surface area contributed by atoms with Gasteiger partial charge < -0.3 is 19.4 Å². The van der Waals surface area contributed by atoms with Crippen LogP contribution in [0, 0.1) is 11.3 Å². The lowest BCUT2D eigenvalue weighted by Crippen LogP contribution is -2.59. The van der Waals surface area contributed by atoms with Crippen LogP contribution >= 0.6 is 0 Å². The van der Waals surface area contributed by atoms with Gasteiger partial charge in [-0.25, -0.2) is 24.7 Å². The molecular weight excluding hydrogens is 558 g/mol. The van der Waals surface area contributed by atoms with Crippen LogP contribution in [-0.4, -0.2) is 74.2 Å². The molecule has 0 bridgehead atoms. The van der Waals surface area contributed by atoms with Crippen LogP contribution in [-0.2, 0) is 10.2 Å². The minimum Gasteiger partial charge on any atom is -0.444 e. The second kappa shape index (κ2) is 11.0. The first-order chi connectivity index (χ1) is 21.0. The molecule has 228 valence electrons. The molecule has 5 heterocycles. The Hall–Kier alpha value is -4.79. The summed E-state index contributed by atoms with van der Waals surface area (Å²) in [7, 11) is 0. The maximum absolute atomic E-state index is 13.9. The number of carbonyl (C=O) groups excluding carboxylic acids is 2. The molecule has 2 aliphatic heterocycles. The summed E-state index contributed by atoms with van der Waals surface area (Å²) >= 11 is 0. The number of fused-ring (bicyclic) bond motifs is 2. The molecule has 2 fully saturated rings. The molecule has 1 saturated heterocycles. The quantitative estimate of drug-likeness (QED) is 0.447. The van der Waals surface area contributed by atoms with E-state index in [1.165, 1.54) is 0 Å². The van der Waals surface area contributed by atoms with E-state index < -0.39 is 11.7 Å². The topological polar surface area (TPSA) is 140 Å². The Morgan fingerprint density at radius 2 is 1.82 bits per heavy atom. The minimum atomic E-state index is -0.676. The summed E-state index contributed by atoms with van der Waals surface area (Å²) in [6.45, 7) is 11.2. The lowest BCUT2D eigenvalue weighted by molar-refractivity contribution is 0.0634. The average Bonchev–Trinajstić information content (AvgIpc) is 3.34. The Morgan fingerprint density at radius 1 is 1.05 bits per heavy atom. The molecule has 3 aliphatic rings. The van der Waals surface area contributed by atoms with E-state index in [1.54, 1.807) is 57.7 Å². The van der Waals surface area contributed by atoms with Gasteiger partial charge in [-0.05, 0) is 71.7 Å². The van der Waals surface area contributed by atoms with Crippen molar-refractivity contribution in [3.05, 3.63) is 59.8 Å². The van der Waals surface area contributed by atoms with E-state index in [0.717, 1.165) is 43.0 Å². The van der Waals surface area contributed by atoms with Crippen molar-refractivity contribution in [3.8, 4) is 6.07 Å². The van der Waals surface area contributed by atoms with Gasteiger partial charge in [-0.2, -0.15) is 5.26 Å². The molecule has 3 aromatic heterocycles. The summed E-state index contributed by atoms with van der Waals surface area (Å²) in [6, 6.07) is 8.84. The predicted octanol–water partition coefficient (Wildman–Crippen LogP) is 4.80. The van der Waals surface area contributed by atoms with Crippen LogP contribution < -0.4 is 15.1 Å². The SMILES string of the molecule is C[C@@H]1CN(c2ncnc3c2C2(CCC2)CN3c2cc(C#N)ccn2)[C@@H](C)CN1C(=O)c1ncccc1NC(=O)OC(C)(C)C. The fraction of sp³-hybridized carbons (Fsp3) is 0.469. The maximum Gasteiger partial charge on any atom is 0.412 e. The van der Waals surface area contributed by atoms with E-state index >= 15 is 0 Å². The molecule has 3 aromatic rings. The van der Waals surface area contributed by atoms with Crippen LogP contribution in [0.15, 0.2) is 43.0 Å². The number of amides is 2. The van der Waals surface area contributed by atoms with E-state index in [2.05, 4.69) is 38.1 Å². The summed E-state index contributed by atoms with van der Waals surface area (Å²) < 4.78 is 5.39. The van der Waals surface area contributed by atoms with Crippen LogP contribution in [0.3, 0.4) is 0 Å². The number of piperazine rings is 1. The number of hydrogen-bond donors (Lipinski definition) is 1. The highest BCUT2D eigenvalue weighted by atomic mass is 16.6. The molecule has 1 spiro atoms. The lowest BCUT2D eigenvalue weighted by atomic mass is 9.66. The number of pyridine rings is 2. The van der Waals surface area contributed by atoms with Gasteiger partial charge in [0.1, 0.15) is 29.4 Å². The molecule has 1 aliphatic carbocycles. The summed E-state index contributed by atoms with van der Waals surface area (Å²) in [5.74, 6) is 2.18. The van der Waals surface area contributed by atoms with Gasteiger partial charge in [-0.15, -0.1) is 0 Å². The molecular formula is C32H37N9O3. The van der Waals surface area contributed by atoms with Crippen molar-refractivity contribution < 1.29 is 14.3 Å². The fourth-order valence-electron chi connectivity index (χ4n) is 6.49. The summed E-state index contributed by atoms with van der Waals surface area (Å²) in [5.41, 5.74) is 1.41. The van der Waals surface area contributed by atoms with Crippen LogP contribution in [0.25, 0.3) is 0 Å². The normalized spacial score (nSPS) is 20.5. The Balaban J connectivity index is 1.27. The smallest absolute Gasteiger partial charge is 0.412 e. The van der Waals surface area contributed by atoms with Crippen LogP contribution in [0.2, 0.25) is 0 Å². The van der Waals surface area contributed by atoms with Crippen molar-refractivity contribution in [2.24, 2.45) is 0 Å². The van der Waals surface area contributed by atoms with Gasteiger partial charge in [0.15, 0.2) is 5.69 Å². The Kier molecular flexibility index (Phi) is 7.35. The molecule has 44 heavy (non-hydrogen) atoms. The van der Waals surface area contributed by atoms with Gasteiger partial charge in [-0.3, -0.25) is 10.1 Å². The Bertz CT molecular complexity index is 1640. The van der Waals surface area contributed by atoms with Crippen molar-refractivity contribution in [2.45, 2.75) is 77.0 Å². The minimum absolute atomic E-state index is 0.0497. The summed E-state index contributed by atoms with van der Waals surface area (Å²) in [4.78, 5) is 51.1. The number of rotatable bonds is 4. The van der Waals surface area contributed by atoms with Gasteiger partial charge in [0.05, 0.1) is 17.3 Å². The third kappa shape index (κ3) is 5.27. The van der Waals surface area contributed by atoms with E-state index in [1.807, 2.05) is 17.9 Å². The first kappa shape index (κ1) is 29.3. The van der Waals surface area contributed by atoms with Crippen molar-refractivity contribution in [1.82, 2.24) is 24.8 Å². The number of hydrogen-bond acceptors (Lipinski definition) is 10. The highest BCUT2D eigenvalue weighted by molar-refractivity contribution is 6.01.